The van der Waals surface area contributed by atoms with Gasteiger partial charge < -0.3 is 19.9 Å². The van der Waals surface area contributed by atoms with Gasteiger partial charge in [0.2, 0.25) is 0 Å². The highest BCUT2D eigenvalue weighted by molar-refractivity contribution is 5.87. The quantitative estimate of drug-likeness (QED) is 0.735. The third kappa shape index (κ3) is 4.86. The Labute approximate surface area is 131 Å². The Morgan fingerprint density at radius 2 is 1.90 bits per heavy atom. The molecule has 21 heavy (non-hydrogen) atoms. The number of hydrogen-bond donors (Lipinski definition) is 2. The van der Waals surface area contributed by atoms with E-state index in [9.17, 15) is 0 Å². The van der Waals surface area contributed by atoms with Gasteiger partial charge in [0.15, 0.2) is 0 Å². The van der Waals surface area contributed by atoms with Crippen molar-refractivity contribution in [2.45, 2.75) is 6.54 Å². The Balaban J connectivity index is 0.00000220. The Morgan fingerprint density at radius 3 is 2.67 bits per heavy atom. The molecule has 2 aromatic carbocycles. The molecule has 116 valence electrons. The number of fused-ring (bicyclic) bond motifs is 1. The van der Waals surface area contributed by atoms with Crippen molar-refractivity contribution in [3.63, 3.8) is 0 Å². The number of rotatable bonds is 8. The predicted molar refractivity (Wildman–Crippen MR) is 87.4 cm³/mol. The van der Waals surface area contributed by atoms with Crippen LogP contribution in [0.1, 0.15) is 5.56 Å². The molecule has 0 unspecified atom stereocenters. The molecule has 0 bridgehead atoms. The van der Waals surface area contributed by atoms with E-state index >= 15 is 0 Å². The van der Waals surface area contributed by atoms with Gasteiger partial charge in [-0.05, 0) is 16.8 Å². The van der Waals surface area contributed by atoms with Crippen molar-refractivity contribution in [2.75, 3.05) is 33.5 Å². The minimum Gasteiger partial charge on any atom is -0.496 e. The molecule has 0 aromatic heterocycles. The summed E-state index contributed by atoms with van der Waals surface area (Å²) in [4.78, 5) is 0. The van der Waals surface area contributed by atoms with Crippen molar-refractivity contribution in [2.24, 2.45) is 0 Å². The summed E-state index contributed by atoms with van der Waals surface area (Å²) in [7, 11) is 1.69. The van der Waals surface area contributed by atoms with Gasteiger partial charge in [0.25, 0.3) is 0 Å². The van der Waals surface area contributed by atoms with Crippen LogP contribution in [0, 0.1) is 0 Å². The van der Waals surface area contributed by atoms with E-state index in [4.69, 9.17) is 14.6 Å². The van der Waals surface area contributed by atoms with Crippen molar-refractivity contribution in [1.29, 1.82) is 0 Å². The normalized spacial score (nSPS) is 10.4. The van der Waals surface area contributed by atoms with E-state index in [-0.39, 0.29) is 19.0 Å². The first-order valence-corrected chi connectivity index (χ1v) is 6.80. The summed E-state index contributed by atoms with van der Waals surface area (Å²) in [6.45, 7) is 2.52. The molecular weight excluding hydrogens is 290 g/mol. The van der Waals surface area contributed by atoms with E-state index in [1.54, 1.807) is 7.11 Å². The van der Waals surface area contributed by atoms with Crippen LogP contribution >= 0.6 is 12.4 Å². The van der Waals surface area contributed by atoms with Crippen LogP contribution in [0.4, 0.5) is 0 Å². The molecule has 2 rings (SSSR count). The van der Waals surface area contributed by atoms with Crippen LogP contribution < -0.4 is 10.1 Å². The lowest BCUT2D eigenvalue weighted by atomic mass is 10.0. The van der Waals surface area contributed by atoms with Gasteiger partial charge in [0.05, 0.1) is 26.9 Å². The number of methoxy groups -OCH3 is 1. The average Bonchev–Trinajstić information content (AvgIpc) is 2.50. The fraction of sp³-hybridized carbons (Fsp3) is 0.375. The van der Waals surface area contributed by atoms with Crippen molar-refractivity contribution in [3.05, 3.63) is 42.0 Å². The summed E-state index contributed by atoms with van der Waals surface area (Å²) < 4.78 is 10.7. The molecule has 0 radical (unpaired) electrons. The van der Waals surface area contributed by atoms with Gasteiger partial charge in [-0.2, -0.15) is 0 Å². The van der Waals surface area contributed by atoms with Crippen LogP contribution in [0.2, 0.25) is 0 Å². The van der Waals surface area contributed by atoms with E-state index in [0.29, 0.717) is 13.2 Å². The summed E-state index contributed by atoms with van der Waals surface area (Å²) in [5.74, 6) is 0.896. The minimum atomic E-state index is 0. The van der Waals surface area contributed by atoms with Crippen LogP contribution in [-0.2, 0) is 11.3 Å². The third-order valence-corrected chi connectivity index (χ3v) is 3.18. The summed E-state index contributed by atoms with van der Waals surface area (Å²) in [6.07, 6.45) is 0. The fourth-order valence-corrected chi connectivity index (χ4v) is 2.21. The smallest absolute Gasteiger partial charge is 0.123 e. The fourth-order valence-electron chi connectivity index (χ4n) is 2.21. The molecule has 0 aliphatic carbocycles. The number of ether oxygens (including phenoxy) is 2. The summed E-state index contributed by atoms with van der Waals surface area (Å²) in [5, 5.41) is 14.4. The monoisotopic (exact) mass is 311 g/mol. The molecule has 0 atom stereocenters. The summed E-state index contributed by atoms with van der Waals surface area (Å²) >= 11 is 0. The zero-order valence-corrected chi connectivity index (χ0v) is 13.0. The number of aliphatic hydroxyl groups is 1. The highest BCUT2D eigenvalue weighted by Crippen LogP contribution is 2.27. The highest BCUT2D eigenvalue weighted by atomic mass is 35.5. The van der Waals surface area contributed by atoms with Crippen LogP contribution in [0.25, 0.3) is 10.8 Å². The maximum atomic E-state index is 8.63. The summed E-state index contributed by atoms with van der Waals surface area (Å²) in [5.41, 5.74) is 1.16. The molecule has 0 heterocycles. The van der Waals surface area contributed by atoms with Crippen molar-refractivity contribution in [1.82, 2.24) is 5.32 Å². The third-order valence-electron chi connectivity index (χ3n) is 3.18. The average molecular weight is 312 g/mol. The van der Waals surface area contributed by atoms with Gasteiger partial charge in [0.1, 0.15) is 5.75 Å². The second kappa shape index (κ2) is 9.58. The van der Waals surface area contributed by atoms with Crippen LogP contribution in [0.5, 0.6) is 5.75 Å². The van der Waals surface area contributed by atoms with Gasteiger partial charge in [-0.15, -0.1) is 12.4 Å². The van der Waals surface area contributed by atoms with Crippen molar-refractivity contribution in [3.8, 4) is 5.75 Å². The maximum Gasteiger partial charge on any atom is 0.123 e. The standard InChI is InChI=1S/C16H21NO3.ClH/c1-19-16-7-6-13-4-2-3-5-14(13)15(16)12-17-8-10-20-11-9-18;/h2-7,17-18H,8-12H2,1H3;1H. The van der Waals surface area contributed by atoms with Crippen LogP contribution in [-0.4, -0.2) is 38.6 Å². The maximum absolute atomic E-state index is 8.63. The Bertz CT molecular complexity index is 548. The Kier molecular flexibility index (Phi) is 8.08. The van der Waals surface area contributed by atoms with E-state index in [0.717, 1.165) is 24.4 Å². The molecule has 4 nitrogen and oxygen atoms in total. The van der Waals surface area contributed by atoms with Gasteiger partial charge in [0, 0.05) is 18.7 Å². The molecule has 2 N–H and O–H groups in total. The first-order valence-electron chi connectivity index (χ1n) is 6.80. The Hall–Kier alpha value is -1.33. The van der Waals surface area contributed by atoms with Gasteiger partial charge >= 0.3 is 0 Å². The van der Waals surface area contributed by atoms with Crippen LogP contribution in [0.15, 0.2) is 36.4 Å². The zero-order chi connectivity index (χ0) is 14.2. The topological polar surface area (TPSA) is 50.7 Å². The molecule has 0 aliphatic heterocycles. The lowest BCUT2D eigenvalue weighted by Gasteiger charge is -2.13. The molecule has 0 spiro atoms. The summed E-state index contributed by atoms with van der Waals surface area (Å²) in [6, 6.07) is 12.4. The molecule has 0 amide bonds. The molecule has 5 heteroatoms. The lowest BCUT2D eigenvalue weighted by Crippen LogP contribution is -2.20. The molecule has 0 aliphatic rings. The second-order valence-corrected chi connectivity index (χ2v) is 4.48. The first kappa shape index (κ1) is 17.7. The predicted octanol–water partition coefficient (Wildman–Crippen LogP) is 2.37. The van der Waals surface area contributed by atoms with E-state index < -0.39 is 0 Å². The van der Waals surface area contributed by atoms with E-state index in [1.165, 1.54) is 10.8 Å². The molecule has 0 saturated carbocycles. The molecule has 0 fully saturated rings. The van der Waals surface area contributed by atoms with Crippen LogP contribution in [0.3, 0.4) is 0 Å². The number of aliphatic hydroxyl groups excluding tert-OH is 1. The minimum absolute atomic E-state index is 0. The molecule has 0 saturated heterocycles. The number of nitrogens with one attached hydrogen (secondary N) is 1. The number of benzene rings is 2. The van der Waals surface area contributed by atoms with Crippen molar-refractivity contribution < 1.29 is 14.6 Å². The number of hydrogen-bond acceptors (Lipinski definition) is 4. The van der Waals surface area contributed by atoms with Gasteiger partial charge in [-0.25, -0.2) is 0 Å². The van der Waals surface area contributed by atoms with Gasteiger partial charge in [-0.1, -0.05) is 30.3 Å². The largest absolute Gasteiger partial charge is 0.496 e. The SMILES string of the molecule is COc1ccc2ccccc2c1CNCCOCCO.Cl. The van der Waals surface area contributed by atoms with Crippen molar-refractivity contribution >= 4 is 23.2 Å². The van der Waals surface area contributed by atoms with E-state index in [2.05, 4.69) is 23.5 Å². The first-order chi connectivity index (χ1) is 9.86. The highest BCUT2D eigenvalue weighted by Gasteiger charge is 2.07. The zero-order valence-electron chi connectivity index (χ0n) is 12.2. The van der Waals surface area contributed by atoms with Gasteiger partial charge in [-0.3, -0.25) is 0 Å². The Morgan fingerprint density at radius 1 is 1.10 bits per heavy atom. The van der Waals surface area contributed by atoms with E-state index in [1.807, 2.05) is 18.2 Å². The second-order valence-electron chi connectivity index (χ2n) is 4.48. The number of halogens is 1. The molecule has 2 aromatic rings. The molecular formula is C16H22ClNO3. The lowest BCUT2D eigenvalue weighted by molar-refractivity contribution is 0.0938.